The Morgan fingerprint density at radius 2 is 2.33 bits per heavy atom. The monoisotopic (exact) mass is 145 g/mol. The molecule has 0 amide bonds. The normalized spacial score (nSPS) is 11.1. The van der Waals surface area contributed by atoms with E-state index < -0.39 is 0 Å². The molecule has 0 aliphatic carbocycles. The fourth-order valence-electron chi connectivity index (χ4n) is 0.260. The summed E-state index contributed by atoms with van der Waals surface area (Å²) >= 11 is 5.40. The van der Waals surface area contributed by atoms with Crippen molar-refractivity contribution in [2.45, 2.75) is 0 Å². The van der Waals surface area contributed by atoms with Crippen LogP contribution in [0.5, 0.6) is 0 Å². The lowest BCUT2D eigenvalue weighted by Crippen LogP contribution is -1.82. The number of halogens is 1. The first-order chi connectivity index (χ1) is 4.20. The molecule has 0 aliphatic heterocycles. The van der Waals surface area contributed by atoms with Crippen LogP contribution in [-0.4, -0.2) is 18.4 Å². The Labute approximate surface area is 59.2 Å². The van der Waals surface area contributed by atoms with Crippen LogP contribution >= 0.6 is 11.6 Å². The van der Waals surface area contributed by atoms with Crippen LogP contribution in [0.15, 0.2) is 28.4 Å². The summed E-state index contributed by atoms with van der Waals surface area (Å²) in [4.78, 5) is 3.38. The summed E-state index contributed by atoms with van der Waals surface area (Å²) in [5.41, 5.74) is 0.521. The highest BCUT2D eigenvalue weighted by atomic mass is 35.5. The van der Waals surface area contributed by atoms with Crippen molar-refractivity contribution < 1.29 is 5.11 Å². The molecule has 0 aromatic carbocycles. The number of aliphatic hydroxyl groups excluding tert-OH is 1. The minimum atomic E-state index is -0.105. The molecule has 1 N–H and O–H groups in total. The molecule has 0 fully saturated rings. The number of hydrogen-bond acceptors (Lipinski definition) is 2. The molecule has 0 bridgehead atoms. The second-order valence-electron chi connectivity index (χ2n) is 1.44. The van der Waals surface area contributed by atoms with Crippen molar-refractivity contribution in [2.24, 2.45) is 4.99 Å². The first kappa shape index (κ1) is 8.40. The molecular weight excluding hydrogens is 138 g/mol. The Morgan fingerprint density at radius 3 is 2.67 bits per heavy atom. The van der Waals surface area contributed by atoms with Crippen LogP contribution in [0.2, 0.25) is 0 Å². The van der Waals surface area contributed by atoms with Gasteiger partial charge in [0.1, 0.15) is 5.16 Å². The van der Waals surface area contributed by atoms with E-state index in [9.17, 15) is 0 Å². The maximum absolute atomic E-state index is 8.41. The fourth-order valence-corrected chi connectivity index (χ4v) is 0.414. The van der Waals surface area contributed by atoms with Gasteiger partial charge in [-0.2, -0.15) is 0 Å². The molecule has 0 aromatic heterocycles. The Balaban J connectivity index is 3.94. The van der Waals surface area contributed by atoms with E-state index in [2.05, 4.69) is 18.3 Å². The molecule has 0 unspecified atom stereocenters. The van der Waals surface area contributed by atoms with Crippen LogP contribution < -0.4 is 0 Å². The molecule has 0 saturated carbocycles. The van der Waals surface area contributed by atoms with E-state index in [-0.39, 0.29) is 11.8 Å². The standard InChI is InChI=1S/C6H8ClNO/c1-5(4-9)3-6(7)8-2/h3,9H,1-2,4H2/b6-3-. The van der Waals surface area contributed by atoms with Gasteiger partial charge in [0.2, 0.25) is 0 Å². The van der Waals surface area contributed by atoms with Crippen molar-refractivity contribution >= 4 is 18.3 Å². The Morgan fingerprint density at radius 1 is 1.78 bits per heavy atom. The molecule has 0 aliphatic rings. The molecule has 0 atom stereocenters. The van der Waals surface area contributed by atoms with Gasteiger partial charge in [0.15, 0.2) is 0 Å². The van der Waals surface area contributed by atoms with Crippen LogP contribution in [-0.2, 0) is 0 Å². The molecule has 50 valence electrons. The number of rotatable bonds is 3. The van der Waals surface area contributed by atoms with Gasteiger partial charge in [0.25, 0.3) is 0 Å². The number of nitrogens with zero attached hydrogens (tertiary/aromatic N) is 1. The molecule has 0 spiro atoms. The van der Waals surface area contributed by atoms with Crippen LogP contribution in [0, 0.1) is 0 Å². The smallest absolute Gasteiger partial charge is 0.128 e. The first-order valence-corrected chi connectivity index (χ1v) is 2.71. The lowest BCUT2D eigenvalue weighted by atomic mass is 10.3. The van der Waals surface area contributed by atoms with E-state index in [1.807, 2.05) is 0 Å². The highest BCUT2D eigenvalue weighted by molar-refractivity contribution is 6.29. The lowest BCUT2D eigenvalue weighted by molar-refractivity contribution is 0.335. The van der Waals surface area contributed by atoms with Gasteiger partial charge in [-0.05, 0) is 18.4 Å². The predicted octanol–water partition coefficient (Wildman–Crippen LogP) is 1.32. The Bertz CT molecular complexity index is 151. The molecular formula is C6H8ClNO. The molecule has 3 heteroatoms. The quantitative estimate of drug-likeness (QED) is 0.363. The average molecular weight is 146 g/mol. The molecule has 0 rings (SSSR count). The Hall–Kier alpha value is -0.600. The van der Waals surface area contributed by atoms with E-state index in [4.69, 9.17) is 16.7 Å². The van der Waals surface area contributed by atoms with Gasteiger partial charge in [0.05, 0.1) is 6.61 Å². The molecule has 0 saturated heterocycles. The van der Waals surface area contributed by atoms with Crippen molar-refractivity contribution in [3.63, 3.8) is 0 Å². The molecule has 9 heavy (non-hydrogen) atoms. The van der Waals surface area contributed by atoms with Gasteiger partial charge in [-0.1, -0.05) is 18.2 Å². The van der Waals surface area contributed by atoms with E-state index in [0.29, 0.717) is 5.57 Å². The molecule has 0 aromatic rings. The Kier molecular flexibility index (Phi) is 4.01. The van der Waals surface area contributed by atoms with Crippen LogP contribution in [0.3, 0.4) is 0 Å². The second-order valence-corrected chi connectivity index (χ2v) is 1.83. The first-order valence-electron chi connectivity index (χ1n) is 2.33. The number of aliphatic imine (C=N–C) groups is 1. The van der Waals surface area contributed by atoms with Gasteiger partial charge < -0.3 is 5.11 Å². The van der Waals surface area contributed by atoms with Crippen molar-refractivity contribution in [1.82, 2.24) is 0 Å². The second kappa shape index (κ2) is 4.30. The van der Waals surface area contributed by atoms with Crippen LogP contribution in [0.1, 0.15) is 0 Å². The highest BCUT2D eigenvalue weighted by Gasteiger charge is 1.86. The van der Waals surface area contributed by atoms with Gasteiger partial charge in [-0.25, -0.2) is 0 Å². The van der Waals surface area contributed by atoms with Crippen molar-refractivity contribution in [3.8, 4) is 0 Å². The SMILES string of the molecule is C=N/C(Cl)=C\C(=C)CO. The maximum Gasteiger partial charge on any atom is 0.128 e. The van der Waals surface area contributed by atoms with Crippen LogP contribution in [0.4, 0.5) is 0 Å². The van der Waals surface area contributed by atoms with Crippen molar-refractivity contribution in [1.29, 1.82) is 0 Å². The zero-order chi connectivity index (χ0) is 7.28. The minimum Gasteiger partial charge on any atom is -0.392 e. The van der Waals surface area contributed by atoms with Gasteiger partial charge in [-0.3, -0.25) is 4.99 Å². The third-order valence-corrected chi connectivity index (χ3v) is 0.906. The minimum absolute atomic E-state index is 0.105. The average Bonchev–Trinajstić information content (AvgIpc) is 1.87. The predicted molar refractivity (Wildman–Crippen MR) is 39.7 cm³/mol. The molecule has 0 radical (unpaired) electrons. The van der Waals surface area contributed by atoms with Crippen molar-refractivity contribution in [2.75, 3.05) is 6.61 Å². The summed E-state index contributed by atoms with van der Waals surface area (Å²) in [7, 11) is 0. The molecule has 0 heterocycles. The van der Waals surface area contributed by atoms with Gasteiger partial charge in [-0.15, -0.1) is 0 Å². The molecule has 2 nitrogen and oxygen atoms in total. The van der Waals surface area contributed by atoms with E-state index in [1.165, 1.54) is 6.08 Å². The topological polar surface area (TPSA) is 32.6 Å². The van der Waals surface area contributed by atoms with Gasteiger partial charge in [0, 0.05) is 0 Å². The number of aliphatic hydroxyl groups is 1. The third kappa shape index (κ3) is 3.94. The number of hydrogen-bond donors (Lipinski definition) is 1. The summed E-state index contributed by atoms with van der Waals surface area (Å²) in [6.45, 7) is 6.53. The highest BCUT2D eigenvalue weighted by Crippen LogP contribution is 2.04. The van der Waals surface area contributed by atoms with Gasteiger partial charge >= 0.3 is 0 Å². The van der Waals surface area contributed by atoms with Crippen LogP contribution in [0.25, 0.3) is 0 Å². The van der Waals surface area contributed by atoms with Crippen molar-refractivity contribution in [3.05, 3.63) is 23.4 Å². The van der Waals surface area contributed by atoms with E-state index in [0.717, 1.165) is 0 Å². The summed E-state index contributed by atoms with van der Waals surface area (Å²) in [5, 5.41) is 8.66. The lowest BCUT2D eigenvalue weighted by Gasteiger charge is -1.90. The largest absolute Gasteiger partial charge is 0.392 e. The summed E-state index contributed by atoms with van der Waals surface area (Å²) in [6.07, 6.45) is 1.45. The summed E-state index contributed by atoms with van der Waals surface area (Å²) < 4.78 is 0. The fraction of sp³-hybridized carbons (Fsp3) is 0.167. The maximum atomic E-state index is 8.41. The summed E-state index contributed by atoms with van der Waals surface area (Å²) in [5.74, 6) is 0. The zero-order valence-corrected chi connectivity index (χ0v) is 5.73. The summed E-state index contributed by atoms with van der Waals surface area (Å²) in [6, 6.07) is 0. The zero-order valence-electron chi connectivity index (χ0n) is 4.97. The van der Waals surface area contributed by atoms with E-state index in [1.54, 1.807) is 0 Å². The van der Waals surface area contributed by atoms with E-state index >= 15 is 0 Å². The third-order valence-electron chi connectivity index (χ3n) is 0.677.